The number of aliphatic hydroxyl groups excluding tert-OH is 1. The van der Waals surface area contributed by atoms with Crippen LogP contribution in [0.5, 0.6) is 0 Å². The van der Waals surface area contributed by atoms with Gasteiger partial charge in [0.2, 0.25) is 11.8 Å². The molecule has 0 aliphatic carbocycles. The lowest BCUT2D eigenvalue weighted by Gasteiger charge is -2.31. The molecule has 0 aromatic rings. The van der Waals surface area contributed by atoms with Crippen molar-refractivity contribution in [2.24, 2.45) is 5.92 Å². The average Bonchev–Trinajstić information content (AvgIpc) is 2.75. The second-order valence-electron chi connectivity index (χ2n) is 4.43. The van der Waals surface area contributed by atoms with Crippen molar-refractivity contribution >= 4 is 11.8 Å². The van der Waals surface area contributed by atoms with Crippen LogP contribution in [0.25, 0.3) is 0 Å². The van der Waals surface area contributed by atoms with Crippen molar-refractivity contribution in [1.82, 2.24) is 10.2 Å². The molecule has 1 rings (SSSR count). The van der Waals surface area contributed by atoms with Crippen molar-refractivity contribution in [3.63, 3.8) is 0 Å². The van der Waals surface area contributed by atoms with Gasteiger partial charge in [-0.05, 0) is 12.8 Å². The smallest absolute Gasteiger partial charge is 0.228 e. The number of carbonyl (C=O) groups excluding carboxylic acids is 2. The van der Waals surface area contributed by atoms with E-state index in [-0.39, 0.29) is 36.8 Å². The lowest BCUT2D eigenvalue weighted by molar-refractivity contribution is -0.138. The summed E-state index contributed by atoms with van der Waals surface area (Å²) in [4.78, 5) is 25.1. The van der Waals surface area contributed by atoms with E-state index in [1.54, 1.807) is 4.90 Å². The molecule has 0 saturated carbocycles. The van der Waals surface area contributed by atoms with E-state index in [9.17, 15) is 9.59 Å². The van der Waals surface area contributed by atoms with Gasteiger partial charge >= 0.3 is 0 Å². The zero-order chi connectivity index (χ0) is 12.8. The van der Waals surface area contributed by atoms with Gasteiger partial charge in [-0.3, -0.25) is 9.59 Å². The lowest BCUT2D eigenvalue weighted by Crippen LogP contribution is -2.45. The van der Waals surface area contributed by atoms with Crippen LogP contribution in [0, 0.1) is 5.92 Å². The Labute approximate surface area is 102 Å². The molecular weight excluding hydrogens is 220 g/mol. The summed E-state index contributed by atoms with van der Waals surface area (Å²) in [7, 11) is 0. The second-order valence-corrected chi connectivity index (χ2v) is 4.43. The van der Waals surface area contributed by atoms with Crippen molar-refractivity contribution in [2.45, 2.75) is 39.2 Å². The summed E-state index contributed by atoms with van der Waals surface area (Å²) in [5.74, 6) is -0.322. The van der Waals surface area contributed by atoms with Crippen LogP contribution >= 0.6 is 0 Å². The maximum atomic E-state index is 12.3. The molecule has 1 aliphatic rings. The predicted octanol–water partition coefficient (Wildman–Crippen LogP) is 0.132. The summed E-state index contributed by atoms with van der Waals surface area (Å²) in [6.45, 7) is 4.82. The third-order valence-electron chi connectivity index (χ3n) is 3.33. The molecule has 1 fully saturated rings. The third kappa shape index (κ3) is 3.43. The summed E-state index contributed by atoms with van der Waals surface area (Å²) >= 11 is 0. The summed E-state index contributed by atoms with van der Waals surface area (Å²) in [5.41, 5.74) is 0. The molecule has 0 aromatic heterocycles. The quantitative estimate of drug-likeness (QED) is 0.695. The van der Waals surface area contributed by atoms with Crippen molar-refractivity contribution in [1.29, 1.82) is 0 Å². The van der Waals surface area contributed by atoms with Crippen LogP contribution in [0.1, 0.15) is 33.1 Å². The molecule has 2 N–H and O–H groups in total. The van der Waals surface area contributed by atoms with Crippen molar-refractivity contribution in [2.75, 3.05) is 19.7 Å². The minimum absolute atomic E-state index is 0.00824. The molecule has 1 unspecified atom stereocenters. The highest BCUT2D eigenvalue weighted by Gasteiger charge is 2.33. The maximum Gasteiger partial charge on any atom is 0.228 e. The van der Waals surface area contributed by atoms with Gasteiger partial charge in [0.25, 0.3) is 0 Å². The van der Waals surface area contributed by atoms with Gasteiger partial charge in [0.05, 0.1) is 12.5 Å². The van der Waals surface area contributed by atoms with Crippen LogP contribution in [-0.2, 0) is 9.59 Å². The minimum atomic E-state index is -0.255. The Morgan fingerprint density at radius 2 is 2.18 bits per heavy atom. The summed E-state index contributed by atoms with van der Waals surface area (Å²) in [6, 6.07) is 0.158. The molecule has 1 atom stereocenters. The van der Waals surface area contributed by atoms with Crippen molar-refractivity contribution < 1.29 is 14.7 Å². The van der Waals surface area contributed by atoms with Crippen molar-refractivity contribution in [3.05, 3.63) is 0 Å². The fraction of sp³-hybridized carbons (Fsp3) is 0.833. The normalized spacial score (nSPS) is 19.5. The summed E-state index contributed by atoms with van der Waals surface area (Å²) in [6.07, 6.45) is 2.02. The van der Waals surface area contributed by atoms with E-state index in [0.717, 1.165) is 12.8 Å². The Morgan fingerprint density at radius 3 is 2.59 bits per heavy atom. The van der Waals surface area contributed by atoms with E-state index < -0.39 is 0 Å². The lowest BCUT2D eigenvalue weighted by atomic mass is 10.0. The molecule has 5 heteroatoms. The van der Waals surface area contributed by atoms with Crippen LogP contribution in [0.15, 0.2) is 0 Å². The van der Waals surface area contributed by atoms with E-state index >= 15 is 0 Å². The number of carbonyl (C=O) groups is 2. The average molecular weight is 242 g/mol. The van der Waals surface area contributed by atoms with Gasteiger partial charge in [-0.2, -0.15) is 0 Å². The standard InChI is InChI=1S/C12H22N2O3/c1-3-10(4-2)14(5-6-15)12(17)9-7-11(16)13-8-9/h9-10,15H,3-8H2,1-2H3,(H,13,16). The van der Waals surface area contributed by atoms with Gasteiger partial charge in [0.1, 0.15) is 0 Å². The molecule has 0 spiro atoms. The van der Waals surface area contributed by atoms with Gasteiger partial charge in [-0.25, -0.2) is 0 Å². The topological polar surface area (TPSA) is 69.6 Å². The summed E-state index contributed by atoms with van der Waals surface area (Å²) < 4.78 is 0. The molecule has 0 radical (unpaired) electrons. The fourth-order valence-corrected chi connectivity index (χ4v) is 2.32. The second kappa shape index (κ2) is 6.59. The first-order valence-electron chi connectivity index (χ1n) is 6.32. The van der Waals surface area contributed by atoms with Crippen molar-refractivity contribution in [3.8, 4) is 0 Å². The number of nitrogens with one attached hydrogen (secondary N) is 1. The Hall–Kier alpha value is -1.10. The van der Waals surface area contributed by atoms with E-state index in [2.05, 4.69) is 5.32 Å². The SMILES string of the molecule is CCC(CC)N(CCO)C(=O)C1CNC(=O)C1. The number of amides is 2. The molecule has 5 nitrogen and oxygen atoms in total. The van der Waals surface area contributed by atoms with E-state index in [4.69, 9.17) is 5.11 Å². The molecule has 1 aliphatic heterocycles. The van der Waals surface area contributed by atoms with Gasteiger partial charge in [0.15, 0.2) is 0 Å². The Balaban J connectivity index is 2.68. The van der Waals surface area contributed by atoms with Gasteiger partial charge in [0, 0.05) is 25.6 Å². The van der Waals surface area contributed by atoms with E-state index in [1.165, 1.54) is 0 Å². The largest absolute Gasteiger partial charge is 0.395 e. The van der Waals surface area contributed by atoms with Gasteiger partial charge < -0.3 is 15.3 Å². The molecule has 0 bridgehead atoms. The molecule has 1 saturated heterocycles. The molecular formula is C12H22N2O3. The van der Waals surface area contributed by atoms with Crippen LogP contribution in [-0.4, -0.2) is 47.6 Å². The van der Waals surface area contributed by atoms with Crippen LogP contribution in [0.2, 0.25) is 0 Å². The van der Waals surface area contributed by atoms with Crippen LogP contribution < -0.4 is 5.32 Å². The van der Waals surface area contributed by atoms with E-state index in [1.807, 2.05) is 13.8 Å². The maximum absolute atomic E-state index is 12.3. The minimum Gasteiger partial charge on any atom is -0.395 e. The van der Waals surface area contributed by atoms with Crippen LogP contribution in [0.3, 0.4) is 0 Å². The van der Waals surface area contributed by atoms with Gasteiger partial charge in [-0.1, -0.05) is 13.8 Å². The Kier molecular flexibility index (Phi) is 5.41. The highest BCUT2D eigenvalue weighted by atomic mass is 16.3. The zero-order valence-corrected chi connectivity index (χ0v) is 10.6. The predicted molar refractivity (Wildman–Crippen MR) is 64.3 cm³/mol. The number of rotatable bonds is 6. The highest BCUT2D eigenvalue weighted by Crippen LogP contribution is 2.17. The zero-order valence-electron chi connectivity index (χ0n) is 10.6. The highest BCUT2D eigenvalue weighted by molar-refractivity contribution is 5.89. The number of aliphatic hydroxyl groups is 1. The van der Waals surface area contributed by atoms with E-state index in [0.29, 0.717) is 13.1 Å². The fourth-order valence-electron chi connectivity index (χ4n) is 2.32. The molecule has 2 amide bonds. The number of hydrogen-bond acceptors (Lipinski definition) is 3. The number of nitrogens with zero attached hydrogens (tertiary/aromatic N) is 1. The molecule has 98 valence electrons. The van der Waals surface area contributed by atoms with Gasteiger partial charge in [-0.15, -0.1) is 0 Å². The van der Waals surface area contributed by atoms with Crippen LogP contribution in [0.4, 0.5) is 0 Å². The molecule has 1 heterocycles. The first-order valence-corrected chi connectivity index (χ1v) is 6.32. The first-order chi connectivity index (χ1) is 8.13. The molecule has 0 aromatic carbocycles. The number of hydrogen-bond donors (Lipinski definition) is 2. The monoisotopic (exact) mass is 242 g/mol. The molecule has 17 heavy (non-hydrogen) atoms. The first kappa shape index (κ1) is 14.0. The Bertz CT molecular complexity index is 277. The summed E-state index contributed by atoms with van der Waals surface area (Å²) in [5, 5.41) is 11.7. The third-order valence-corrected chi connectivity index (χ3v) is 3.33. The Morgan fingerprint density at radius 1 is 1.53 bits per heavy atom.